The number of unbranched alkanes of at least 4 members (excludes halogenated alkanes) is 1. The molecule has 0 amide bonds. The van der Waals surface area contributed by atoms with Gasteiger partial charge in [0.05, 0.1) is 7.11 Å². The van der Waals surface area contributed by atoms with E-state index in [9.17, 15) is 14.8 Å². The van der Waals surface area contributed by atoms with Crippen molar-refractivity contribution in [2.75, 3.05) is 20.4 Å². The number of methoxy groups -OCH3 is 1. The predicted octanol–water partition coefficient (Wildman–Crippen LogP) is 0.419. The first-order valence-electron chi connectivity index (χ1n) is 6.05. The molecule has 4 N–H and O–H groups in total. The van der Waals surface area contributed by atoms with Gasteiger partial charge in [0, 0.05) is 6.54 Å². The minimum atomic E-state index is -1.04. The Morgan fingerprint density at radius 2 is 2.05 bits per heavy atom. The highest BCUT2D eigenvalue weighted by molar-refractivity contribution is 5.78. The first kappa shape index (κ1) is 18.1. The van der Waals surface area contributed by atoms with Crippen LogP contribution in [0.2, 0.25) is 0 Å². The van der Waals surface area contributed by atoms with Crippen LogP contribution in [0, 0.1) is 0 Å². The molecule has 0 aromatic rings. The molecule has 0 heterocycles. The van der Waals surface area contributed by atoms with Crippen LogP contribution < -0.4 is 5.73 Å². The van der Waals surface area contributed by atoms with Crippen LogP contribution in [-0.4, -0.2) is 59.8 Å². The summed E-state index contributed by atoms with van der Waals surface area (Å²) in [5.74, 6) is -0.764. The van der Waals surface area contributed by atoms with Crippen LogP contribution in [0.1, 0.15) is 26.2 Å². The summed E-state index contributed by atoms with van der Waals surface area (Å²) in [7, 11) is 1.18. The summed E-state index contributed by atoms with van der Waals surface area (Å²) in [6, 6.07) is -0.884. The molecule has 0 bridgehead atoms. The van der Waals surface area contributed by atoms with E-state index in [4.69, 9.17) is 10.8 Å². The van der Waals surface area contributed by atoms with Gasteiger partial charge < -0.3 is 20.3 Å². The average molecular weight is 291 g/mol. The van der Waals surface area contributed by atoms with Gasteiger partial charge in [-0.25, -0.2) is 14.9 Å². The Balaban J connectivity index is 3.84. The maximum atomic E-state index is 10.6. The third-order valence-electron chi connectivity index (χ3n) is 2.47. The zero-order valence-electron chi connectivity index (χ0n) is 11.6. The number of nitrogens with two attached hydrogens (primary N) is 1. The number of ether oxygens (including phenoxy) is 2. The molecule has 0 radical (unpaired) electrons. The molecule has 0 aromatic heterocycles. The predicted molar refractivity (Wildman–Crippen MR) is 69.4 cm³/mol. The standard InChI is InChI=1S/C11H21N3O6/c1-8(13-7-20-11(17)19-2)14(18)6-4-3-5-9(12)10(15)16/h9,18H,3-7,12H2,1-2H3,(H,15,16)/b13-8+/t9-/m0/s1. The molecule has 0 aliphatic carbocycles. The molecule has 0 aliphatic rings. The second kappa shape index (κ2) is 9.98. The van der Waals surface area contributed by atoms with Crippen molar-refractivity contribution < 1.29 is 29.4 Å². The summed E-state index contributed by atoms with van der Waals surface area (Å²) in [6.45, 7) is 1.57. The summed E-state index contributed by atoms with van der Waals surface area (Å²) in [5, 5.41) is 19.1. The summed E-state index contributed by atoms with van der Waals surface area (Å²) < 4.78 is 8.77. The topological polar surface area (TPSA) is 135 Å². The van der Waals surface area contributed by atoms with Gasteiger partial charge in [0.1, 0.15) is 11.9 Å². The van der Waals surface area contributed by atoms with Crippen LogP contribution in [-0.2, 0) is 14.3 Å². The second-order valence-corrected chi connectivity index (χ2v) is 4.00. The summed E-state index contributed by atoms with van der Waals surface area (Å²) in [6.07, 6.45) is 0.609. The lowest BCUT2D eigenvalue weighted by Crippen LogP contribution is -2.30. The average Bonchev–Trinajstić information content (AvgIpc) is 2.42. The van der Waals surface area contributed by atoms with Crippen molar-refractivity contribution in [1.82, 2.24) is 5.06 Å². The lowest BCUT2D eigenvalue weighted by atomic mass is 10.1. The van der Waals surface area contributed by atoms with Gasteiger partial charge in [0.15, 0.2) is 6.73 Å². The maximum absolute atomic E-state index is 10.6. The Morgan fingerprint density at radius 1 is 1.40 bits per heavy atom. The van der Waals surface area contributed by atoms with E-state index in [1.54, 1.807) is 6.92 Å². The number of carboxylic acid groups (broad SMARTS) is 1. The summed E-state index contributed by atoms with van der Waals surface area (Å²) in [4.78, 5) is 24.9. The maximum Gasteiger partial charge on any atom is 0.509 e. The lowest BCUT2D eigenvalue weighted by Gasteiger charge is -2.16. The third kappa shape index (κ3) is 8.27. The molecule has 20 heavy (non-hydrogen) atoms. The van der Waals surface area contributed by atoms with E-state index >= 15 is 0 Å². The highest BCUT2D eigenvalue weighted by Gasteiger charge is 2.11. The quantitative estimate of drug-likeness (QED) is 0.192. The first-order valence-corrected chi connectivity index (χ1v) is 6.05. The van der Waals surface area contributed by atoms with E-state index < -0.39 is 18.2 Å². The normalized spacial score (nSPS) is 12.7. The molecule has 0 saturated heterocycles. The minimum Gasteiger partial charge on any atom is -0.480 e. The fourth-order valence-corrected chi connectivity index (χ4v) is 1.23. The summed E-state index contributed by atoms with van der Waals surface area (Å²) in [5.41, 5.74) is 5.34. The number of carbonyl (C=O) groups excluding carboxylic acids is 1. The number of amidine groups is 1. The molecule has 0 saturated carbocycles. The van der Waals surface area contributed by atoms with Gasteiger partial charge in [-0.1, -0.05) is 0 Å². The van der Waals surface area contributed by atoms with E-state index in [1.165, 1.54) is 7.11 Å². The van der Waals surface area contributed by atoms with Crippen LogP contribution in [0.5, 0.6) is 0 Å². The highest BCUT2D eigenvalue weighted by Crippen LogP contribution is 2.01. The van der Waals surface area contributed by atoms with Crippen molar-refractivity contribution in [3.63, 3.8) is 0 Å². The lowest BCUT2D eigenvalue weighted by molar-refractivity contribution is -0.138. The van der Waals surface area contributed by atoms with Gasteiger partial charge in [0.25, 0.3) is 0 Å². The molecule has 0 spiro atoms. The van der Waals surface area contributed by atoms with E-state index in [0.717, 1.165) is 5.06 Å². The fourth-order valence-electron chi connectivity index (χ4n) is 1.23. The van der Waals surface area contributed by atoms with Gasteiger partial charge in [-0.05, 0) is 26.2 Å². The van der Waals surface area contributed by atoms with E-state index in [1.807, 2.05) is 0 Å². The number of hydrogen-bond acceptors (Lipinski definition) is 7. The zero-order chi connectivity index (χ0) is 15.5. The van der Waals surface area contributed by atoms with Crippen LogP contribution >= 0.6 is 0 Å². The number of carboxylic acids is 1. The number of nitrogens with zero attached hydrogens (tertiary/aromatic N) is 2. The zero-order valence-corrected chi connectivity index (χ0v) is 11.6. The van der Waals surface area contributed by atoms with Crippen molar-refractivity contribution in [3.05, 3.63) is 0 Å². The fraction of sp³-hybridized carbons (Fsp3) is 0.727. The Bertz CT molecular complexity index is 347. The van der Waals surface area contributed by atoms with Gasteiger partial charge in [-0.3, -0.25) is 10.0 Å². The largest absolute Gasteiger partial charge is 0.509 e. The van der Waals surface area contributed by atoms with E-state index in [2.05, 4.69) is 14.5 Å². The van der Waals surface area contributed by atoms with Crippen molar-refractivity contribution in [1.29, 1.82) is 0 Å². The molecule has 0 aromatic carbocycles. The number of carbonyl (C=O) groups is 2. The second-order valence-electron chi connectivity index (χ2n) is 4.00. The van der Waals surface area contributed by atoms with Crippen LogP contribution in [0.25, 0.3) is 0 Å². The molecule has 1 atom stereocenters. The molecule has 9 heteroatoms. The third-order valence-corrected chi connectivity index (χ3v) is 2.47. The molecule has 0 rings (SSSR count). The number of aliphatic carboxylic acids is 1. The molecular formula is C11H21N3O6. The molecule has 0 unspecified atom stereocenters. The monoisotopic (exact) mass is 291 g/mol. The Morgan fingerprint density at radius 3 is 2.60 bits per heavy atom. The SMILES string of the molecule is COC(=O)OC/N=C(\C)N(O)CCCC[C@H](N)C(=O)O. The number of aliphatic imine (C=N–C) groups is 1. The smallest absolute Gasteiger partial charge is 0.480 e. The molecule has 9 nitrogen and oxygen atoms in total. The van der Waals surface area contributed by atoms with Crippen molar-refractivity contribution in [2.24, 2.45) is 10.7 Å². The van der Waals surface area contributed by atoms with Gasteiger partial charge in [-0.15, -0.1) is 0 Å². The molecular weight excluding hydrogens is 270 g/mol. The van der Waals surface area contributed by atoms with E-state index in [-0.39, 0.29) is 19.1 Å². The van der Waals surface area contributed by atoms with Gasteiger partial charge >= 0.3 is 12.1 Å². The van der Waals surface area contributed by atoms with Crippen molar-refractivity contribution >= 4 is 18.0 Å². The van der Waals surface area contributed by atoms with Gasteiger partial charge in [-0.2, -0.15) is 0 Å². The highest BCUT2D eigenvalue weighted by atomic mass is 16.7. The Labute approximate surface area is 116 Å². The van der Waals surface area contributed by atoms with Crippen LogP contribution in [0.3, 0.4) is 0 Å². The molecule has 0 fully saturated rings. The van der Waals surface area contributed by atoms with E-state index in [0.29, 0.717) is 19.3 Å². The van der Waals surface area contributed by atoms with Crippen molar-refractivity contribution in [2.45, 2.75) is 32.2 Å². The number of rotatable bonds is 8. The Hall–Kier alpha value is -1.87. The summed E-state index contributed by atoms with van der Waals surface area (Å²) >= 11 is 0. The number of hydrogen-bond donors (Lipinski definition) is 3. The minimum absolute atomic E-state index is 0.251. The first-order chi connectivity index (χ1) is 9.38. The van der Waals surface area contributed by atoms with Gasteiger partial charge in [0.2, 0.25) is 0 Å². The van der Waals surface area contributed by atoms with Crippen LogP contribution in [0.15, 0.2) is 4.99 Å². The number of hydroxylamine groups is 2. The van der Waals surface area contributed by atoms with Crippen molar-refractivity contribution in [3.8, 4) is 0 Å². The van der Waals surface area contributed by atoms with Crippen LogP contribution in [0.4, 0.5) is 4.79 Å². The molecule has 0 aliphatic heterocycles. The molecule has 116 valence electrons. The Kier molecular flexibility index (Phi) is 9.05.